The number of anilines is 1. The number of carbonyl (C=O) groups excluding carboxylic acids is 2. The van der Waals surface area contributed by atoms with Gasteiger partial charge in [0.25, 0.3) is 5.91 Å². The predicted molar refractivity (Wildman–Crippen MR) is 98.6 cm³/mol. The summed E-state index contributed by atoms with van der Waals surface area (Å²) in [5.74, 6) is 1.02. The summed E-state index contributed by atoms with van der Waals surface area (Å²) in [6, 6.07) is 5.16. The first-order valence-corrected chi connectivity index (χ1v) is 9.23. The first-order valence-electron chi connectivity index (χ1n) is 9.23. The number of benzene rings is 1. The molecule has 3 rings (SSSR count). The van der Waals surface area contributed by atoms with Crippen LogP contribution < -0.4 is 15.4 Å². The molecule has 0 saturated carbocycles. The summed E-state index contributed by atoms with van der Waals surface area (Å²) < 4.78 is 10.6. The summed E-state index contributed by atoms with van der Waals surface area (Å²) in [5.41, 5.74) is 1.09. The van der Waals surface area contributed by atoms with Gasteiger partial charge in [0.05, 0.1) is 26.0 Å². The van der Waals surface area contributed by atoms with Crippen LogP contribution in [0.15, 0.2) is 18.2 Å². The Kier molecular flexibility index (Phi) is 6.46. The van der Waals surface area contributed by atoms with Gasteiger partial charge in [0, 0.05) is 25.1 Å². The Morgan fingerprint density at radius 3 is 2.85 bits per heavy atom. The number of hydrogen-bond donors (Lipinski definition) is 2. The van der Waals surface area contributed by atoms with E-state index >= 15 is 0 Å². The van der Waals surface area contributed by atoms with Gasteiger partial charge in [-0.25, -0.2) is 0 Å². The summed E-state index contributed by atoms with van der Waals surface area (Å²) in [6.07, 6.45) is 2.46. The van der Waals surface area contributed by atoms with Crippen molar-refractivity contribution in [2.75, 3.05) is 51.8 Å². The van der Waals surface area contributed by atoms with Gasteiger partial charge in [-0.15, -0.1) is 0 Å². The highest BCUT2D eigenvalue weighted by Crippen LogP contribution is 2.27. The van der Waals surface area contributed by atoms with E-state index in [4.69, 9.17) is 9.47 Å². The highest BCUT2D eigenvalue weighted by atomic mass is 16.5. The van der Waals surface area contributed by atoms with E-state index in [1.54, 1.807) is 30.2 Å². The van der Waals surface area contributed by atoms with E-state index in [0.717, 1.165) is 25.9 Å². The Balaban J connectivity index is 1.64. The van der Waals surface area contributed by atoms with Crippen LogP contribution in [0, 0.1) is 5.92 Å². The normalized spacial score (nSPS) is 20.0. The Labute approximate surface area is 154 Å². The van der Waals surface area contributed by atoms with Crippen molar-refractivity contribution in [3.63, 3.8) is 0 Å². The number of hydrogen-bond acceptors (Lipinski definition) is 5. The number of carbonyl (C=O) groups is 2. The summed E-state index contributed by atoms with van der Waals surface area (Å²) in [6.45, 7) is 4.30. The summed E-state index contributed by atoms with van der Waals surface area (Å²) in [5, 5.41) is 6.22. The molecule has 0 spiro atoms. The van der Waals surface area contributed by atoms with E-state index in [2.05, 4.69) is 10.6 Å². The number of methoxy groups -OCH3 is 1. The van der Waals surface area contributed by atoms with Gasteiger partial charge in [0.15, 0.2) is 0 Å². The maximum absolute atomic E-state index is 12.6. The Morgan fingerprint density at radius 1 is 1.35 bits per heavy atom. The molecule has 2 amide bonds. The second-order valence-corrected chi connectivity index (χ2v) is 6.77. The van der Waals surface area contributed by atoms with Crippen molar-refractivity contribution in [2.24, 2.45) is 5.92 Å². The fourth-order valence-corrected chi connectivity index (χ4v) is 3.40. The summed E-state index contributed by atoms with van der Waals surface area (Å²) in [7, 11) is 1.55. The fourth-order valence-electron chi connectivity index (χ4n) is 3.40. The van der Waals surface area contributed by atoms with Crippen LogP contribution in [0.5, 0.6) is 5.75 Å². The summed E-state index contributed by atoms with van der Waals surface area (Å²) in [4.78, 5) is 26.7. The average Bonchev–Trinajstić information content (AvgIpc) is 3.20. The van der Waals surface area contributed by atoms with E-state index in [-0.39, 0.29) is 11.8 Å². The molecule has 0 aliphatic carbocycles. The second-order valence-electron chi connectivity index (χ2n) is 6.77. The molecule has 1 aromatic carbocycles. The second kappa shape index (κ2) is 9.00. The van der Waals surface area contributed by atoms with Crippen LogP contribution in [0.1, 0.15) is 29.6 Å². The van der Waals surface area contributed by atoms with E-state index in [1.165, 1.54) is 0 Å². The highest BCUT2D eigenvalue weighted by Gasteiger charge is 2.21. The Bertz CT molecular complexity index is 638. The van der Waals surface area contributed by atoms with Gasteiger partial charge in [-0.3, -0.25) is 9.59 Å². The van der Waals surface area contributed by atoms with E-state index in [1.807, 2.05) is 0 Å². The van der Waals surface area contributed by atoms with Crippen LogP contribution in [0.4, 0.5) is 5.69 Å². The van der Waals surface area contributed by atoms with Crippen LogP contribution >= 0.6 is 0 Å². The first-order chi connectivity index (χ1) is 12.7. The first kappa shape index (κ1) is 18.7. The molecule has 2 aliphatic rings. The molecule has 0 bridgehead atoms. The molecule has 1 atom stereocenters. The van der Waals surface area contributed by atoms with Crippen molar-refractivity contribution < 1.29 is 19.1 Å². The van der Waals surface area contributed by atoms with Crippen LogP contribution in [-0.2, 0) is 9.53 Å². The fraction of sp³-hybridized carbons (Fsp3) is 0.579. The maximum atomic E-state index is 12.6. The van der Waals surface area contributed by atoms with Crippen molar-refractivity contribution >= 4 is 17.5 Å². The molecule has 26 heavy (non-hydrogen) atoms. The number of nitrogens with one attached hydrogen (secondary N) is 2. The molecule has 2 aliphatic heterocycles. The van der Waals surface area contributed by atoms with E-state index < -0.39 is 0 Å². The van der Waals surface area contributed by atoms with E-state index in [9.17, 15) is 9.59 Å². The zero-order chi connectivity index (χ0) is 18.4. The Hall–Kier alpha value is -2.12. The van der Waals surface area contributed by atoms with Gasteiger partial charge < -0.3 is 25.0 Å². The highest BCUT2D eigenvalue weighted by molar-refractivity contribution is 5.98. The molecule has 7 nitrogen and oxygen atoms in total. The molecule has 0 radical (unpaired) electrons. The smallest absolute Gasteiger partial charge is 0.254 e. The minimum absolute atomic E-state index is 0.0498. The quantitative estimate of drug-likeness (QED) is 0.803. The molecule has 2 saturated heterocycles. The Morgan fingerprint density at radius 2 is 2.15 bits per heavy atom. The number of rotatable bonds is 6. The third-order valence-corrected chi connectivity index (χ3v) is 4.96. The third kappa shape index (κ3) is 4.74. The van der Waals surface area contributed by atoms with Crippen LogP contribution in [0.25, 0.3) is 0 Å². The van der Waals surface area contributed by atoms with Gasteiger partial charge >= 0.3 is 0 Å². The van der Waals surface area contributed by atoms with E-state index in [0.29, 0.717) is 55.6 Å². The largest absolute Gasteiger partial charge is 0.495 e. The van der Waals surface area contributed by atoms with Crippen molar-refractivity contribution in [3.05, 3.63) is 23.8 Å². The average molecular weight is 361 g/mol. The van der Waals surface area contributed by atoms with Gasteiger partial charge in [0.1, 0.15) is 5.75 Å². The monoisotopic (exact) mass is 361 g/mol. The lowest BCUT2D eigenvalue weighted by atomic mass is 10.0. The molecule has 2 fully saturated rings. The van der Waals surface area contributed by atoms with Gasteiger partial charge in [0.2, 0.25) is 5.91 Å². The third-order valence-electron chi connectivity index (χ3n) is 4.96. The molecule has 1 unspecified atom stereocenters. The minimum Gasteiger partial charge on any atom is -0.495 e. The molecular weight excluding hydrogens is 334 g/mol. The zero-order valence-electron chi connectivity index (χ0n) is 15.3. The number of morpholine rings is 1. The van der Waals surface area contributed by atoms with Gasteiger partial charge in [-0.2, -0.15) is 0 Å². The van der Waals surface area contributed by atoms with Crippen molar-refractivity contribution in [3.8, 4) is 5.75 Å². The van der Waals surface area contributed by atoms with Gasteiger partial charge in [-0.1, -0.05) is 0 Å². The molecule has 0 aromatic heterocycles. The lowest BCUT2D eigenvalue weighted by molar-refractivity contribution is -0.116. The topological polar surface area (TPSA) is 79.9 Å². The van der Waals surface area contributed by atoms with Crippen molar-refractivity contribution in [1.82, 2.24) is 10.2 Å². The molecular formula is C19H27N3O4. The van der Waals surface area contributed by atoms with Crippen LogP contribution in [-0.4, -0.2) is 63.2 Å². The number of nitrogens with zero attached hydrogens (tertiary/aromatic N) is 1. The lowest BCUT2D eigenvalue weighted by Gasteiger charge is -2.27. The van der Waals surface area contributed by atoms with Crippen molar-refractivity contribution in [1.29, 1.82) is 0 Å². The van der Waals surface area contributed by atoms with Gasteiger partial charge in [-0.05, 0) is 50.0 Å². The molecule has 142 valence electrons. The summed E-state index contributed by atoms with van der Waals surface area (Å²) >= 11 is 0. The van der Waals surface area contributed by atoms with Crippen LogP contribution in [0.3, 0.4) is 0 Å². The molecule has 2 heterocycles. The van der Waals surface area contributed by atoms with Crippen molar-refractivity contribution in [2.45, 2.75) is 19.3 Å². The maximum Gasteiger partial charge on any atom is 0.254 e. The number of amides is 2. The number of ether oxygens (including phenoxy) is 2. The lowest BCUT2D eigenvalue weighted by Crippen LogP contribution is -2.40. The predicted octanol–water partition coefficient (Wildman–Crippen LogP) is 1.50. The van der Waals surface area contributed by atoms with Crippen LogP contribution in [0.2, 0.25) is 0 Å². The SMILES string of the molecule is COc1ccc(C(=O)N2CCOCC2)cc1NC(=O)CCC1CCNC1. The molecule has 2 N–H and O–H groups in total. The zero-order valence-corrected chi connectivity index (χ0v) is 15.3. The standard InChI is InChI=1S/C19H27N3O4/c1-25-17-4-3-15(19(24)22-8-10-26-11-9-22)12-16(17)21-18(23)5-2-14-6-7-20-13-14/h3-4,12,14,20H,2,5-11,13H2,1H3,(H,21,23). The molecule has 1 aromatic rings. The molecule has 7 heteroatoms. The minimum atomic E-state index is -0.0523.